The Kier molecular flexibility index (Phi) is 7.66. The third kappa shape index (κ3) is 5.21. The van der Waals surface area contributed by atoms with Crippen molar-refractivity contribution >= 4 is 30.4 Å². The van der Waals surface area contributed by atoms with Crippen molar-refractivity contribution in [1.29, 1.82) is 0 Å². The monoisotopic (exact) mass is 240 g/mol. The van der Waals surface area contributed by atoms with E-state index in [0.717, 1.165) is 19.4 Å². The van der Waals surface area contributed by atoms with E-state index in [4.69, 9.17) is 24.4 Å². The van der Waals surface area contributed by atoms with Crippen LogP contribution in [0, 0.1) is 9.54 Å². The zero-order valence-corrected chi connectivity index (χ0v) is 12.0. The topological polar surface area (TPSA) is 56.5 Å². The third-order valence-electron chi connectivity index (χ3n) is 1.49. The van der Waals surface area contributed by atoms with Crippen molar-refractivity contribution in [1.82, 2.24) is 15.0 Å². The Morgan fingerprint density at radius 2 is 2.14 bits per heavy atom. The fourth-order valence-corrected chi connectivity index (χ4v) is 1.31. The largest absolute Gasteiger partial charge is 1.00 e. The summed E-state index contributed by atoms with van der Waals surface area (Å²) in [6.07, 6.45) is 2.25. The molecule has 0 spiro atoms. The first-order chi connectivity index (χ1) is 6.22. The summed E-state index contributed by atoms with van der Waals surface area (Å²) in [5.41, 5.74) is 0. The molecule has 1 rings (SSSR count). The molecule has 0 atom stereocenters. The van der Waals surface area contributed by atoms with Crippen molar-refractivity contribution in [3.05, 3.63) is 9.54 Å². The predicted molar refractivity (Wildman–Crippen MR) is 59.1 cm³/mol. The summed E-state index contributed by atoms with van der Waals surface area (Å²) in [5.74, 6) is 0.641. The van der Waals surface area contributed by atoms with E-state index in [9.17, 15) is 0 Å². The maximum atomic E-state index is 4.91. The van der Waals surface area contributed by atoms with E-state index in [1.165, 1.54) is 0 Å². The Bertz CT molecular complexity index is 349. The second kappa shape index (κ2) is 7.53. The average Bonchev–Trinajstić information content (AvgIpc) is 2.03. The SMILES string of the molecule is CCCCNc1nc(=S)[nH]c(=S)[nH]1.[H-].[Na+]. The number of hydrogen-bond donors (Lipinski definition) is 3. The van der Waals surface area contributed by atoms with E-state index in [0.29, 0.717) is 15.5 Å². The van der Waals surface area contributed by atoms with Gasteiger partial charge in [0.15, 0.2) is 4.77 Å². The van der Waals surface area contributed by atoms with Gasteiger partial charge in [-0.05, 0) is 30.9 Å². The first kappa shape index (κ1) is 14.2. The minimum atomic E-state index is 0. The van der Waals surface area contributed by atoms with Crippen LogP contribution in [0.2, 0.25) is 0 Å². The molecule has 0 saturated carbocycles. The summed E-state index contributed by atoms with van der Waals surface area (Å²) in [7, 11) is 0. The van der Waals surface area contributed by atoms with Crippen molar-refractivity contribution in [2.24, 2.45) is 0 Å². The van der Waals surface area contributed by atoms with E-state index in [1.54, 1.807) is 0 Å². The molecule has 1 aromatic heterocycles. The molecule has 74 valence electrons. The Morgan fingerprint density at radius 1 is 1.43 bits per heavy atom. The van der Waals surface area contributed by atoms with Crippen LogP contribution in [-0.4, -0.2) is 21.5 Å². The summed E-state index contributed by atoms with van der Waals surface area (Å²) in [6.45, 7) is 3.02. The van der Waals surface area contributed by atoms with Gasteiger partial charge in [0.05, 0.1) is 0 Å². The van der Waals surface area contributed by atoms with Gasteiger partial charge in [-0.15, -0.1) is 0 Å². The smallest absolute Gasteiger partial charge is 1.00 e. The molecular formula is C7H13N4NaS2. The number of aromatic amines is 2. The van der Waals surface area contributed by atoms with Crippen molar-refractivity contribution < 1.29 is 31.0 Å². The van der Waals surface area contributed by atoms with Crippen molar-refractivity contribution in [3.8, 4) is 0 Å². The summed E-state index contributed by atoms with van der Waals surface area (Å²) in [6, 6.07) is 0. The summed E-state index contributed by atoms with van der Waals surface area (Å²) < 4.78 is 0.904. The number of aromatic nitrogens is 3. The fourth-order valence-electron chi connectivity index (χ4n) is 0.861. The maximum absolute atomic E-state index is 4.91. The van der Waals surface area contributed by atoms with Gasteiger partial charge in [-0.1, -0.05) is 13.3 Å². The van der Waals surface area contributed by atoms with Gasteiger partial charge in [-0.2, -0.15) is 4.98 Å². The molecule has 0 aliphatic carbocycles. The van der Waals surface area contributed by atoms with Crippen LogP contribution in [-0.2, 0) is 0 Å². The average molecular weight is 240 g/mol. The van der Waals surface area contributed by atoms with Crippen LogP contribution in [0.5, 0.6) is 0 Å². The number of H-pyrrole nitrogens is 2. The van der Waals surface area contributed by atoms with Gasteiger partial charge in [-0.25, -0.2) is 0 Å². The van der Waals surface area contributed by atoms with Gasteiger partial charge in [0.1, 0.15) is 0 Å². The van der Waals surface area contributed by atoms with Crippen LogP contribution >= 0.6 is 24.4 Å². The molecule has 3 N–H and O–H groups in total. The number of anilines is 1. The fraction of sp³-hybridized carbons (Fsp3) is 0.571. The molecule has 0 fully saturated rings. The molecule has 1 aromatic rings. The summed E-state index contributed by atoms with van der Waals surface area (Å²) >= 11 is 9.78. The second-order valence-electron chi connectivity index (χ2n) is 2.63. The normalized spacial score (nSPS) is 9.21. The zero-order chi connectivity index (χ0) is 9.68. The quantitative estimate of drug-likeness (QED) is 0.378. The minimum Gasteiger partial charge on any atom is -1.00 e. The molecule has 1 heterocycles. The van der Waals surface area contributed by atoms with Crippen LogP contribution in [0.25, 0.3) is 0 Å². The number of nitrogens with zero attached hydrogens (tertiary/aromatic N) is 1. The molecule has 7 heteroatoms. The van der Waals surface area contributed by atoms with Crippen molar-refractivity contribution in [3.63, 3.8) is 0 Å². The van der Waals surface area contributed by atoms with Gasteiger partial charge < -0.3 is 16.7 Å². The molecule has 0 aliphatic rings. The molecular weight excluding hydrogens is 227 g/mol. The zero-order valence-electron chi connectivity index (χ0n) is 9.39. The minimum absolute atomic E-state index is 0. The Morgan fingerprint density at radius 3 is 2.71 bits per heavy atom. The number of hydrogen-bond acceptors (Lipinski definition) is 4. The van der Waals surface area contributed by atoms with Crippen molar-refractivity contribution in [2.75, 3.05) is 11.9 Å². The second-order valence-corrected chi connectivity index (χ2v) is 3.42. The summed E-state index contributed by atoms with van der Waals surface area (Å²) in [4.78, 5) is 9.63. The van der Waals surface area contributed by atoms with E-state index >= 15 is 0 Å². The van der Waals surface area contributed by atoms with Crippen LogP contribution in [0.4, 0.5) is 5.95 Å². The molecule has 0 saturated heterocycles. The van der Waals surface area contributed by atoms with E-state index in [-0.39, 0.29) is 31.0 Å². The van der Waals surface area contributed by atoms with Gasteiger partial charge in [0.25, 0.3) is 0 Å². The number of unbranched alkanes of at least 4 members (excludes halogenated alkanes) is 1. The van der Waals surface area contributed by atoms with Crippen LogP contribution in [0.1, 0.15) is 21.2 Å². The van der Waals surface area contributed by atoms with Gasteiger partial charge >= 0.3 is 29.6 Å². The predicted octanol–water partition coefficient (Wildman–Crippen LogP) is -0.475. The third-order valence-corrected chi connectivity index (χ3v) is 1.89. The molecule has 0 bridgehead atoms. The van der Waals surface area contributed by atoms with E-state index < -0.39 is 0 Å². The molecule has 0 aromatic carbocycles. The van der Waals surface area contributed by atoms with Gasteiger partial charge in [0, 0.05) is 6.54 Å². The first-order valence-electron chi connectivity index (χ1n) is 4.17. The number of nitrogens with one attached hydrogen (secondary N) is 3. The molecule has 0 unspecified atom stereocenters. The molecule has 4 nitrogen and oxygen atoms in total. The van der Waals surface area contributed by atoms with E-state index in [2.05, 4.69) is 27.2 Å². The Labute approximate surface area is 117 Å². The Balaban J connectivity index is 0. The molecule has 0 aliphatic heterocycles. The molecule has 0 amide bonds. The Hall–Kier alpha value is 0.250. The van der Waals surface area contributed by atoms with Gasteiger partial charge in [-0.3, -0.25) is 0 Å². The first-order valence-corrected chi connectivity index (χ1v) is 4.98. The van der Waals surface area contributed by atoms with Crippen LogP contribution in [0.3, 0.4) is 0 Å². The maximum Gasteiger partial charge on any atom is 1.00 e. The summed E-state index contributed by atoms with van der Waals surface area (Å²) in [5, 5.41) is 3.11. The van der Waals surface area contributed by atoms with Gasteiger partial charge in [0.2, 0.25) is 10.7 Å². The number of rotatable bonds is 4. The molecule has 0 radical (unpaired) electrons. The van der Waals surface area contributed by atoms with E-state index in [1.807, 2.05) is 0 Å². The van der Waals surface area contributed by atoms with Crippen molar-refractivity contribution in [2.45, 2.75) is 19.8 Å². The molecule has 14 heavy (non-hydrogen) atoms. The standard InChI is InChI=1S/C7H12N4S2.Na.H/c1-2-3-4-8-5-9-6(12)11-7(13)10-5;;/h2-4H2,1H3,(H3,8,9,10,11,12,13);;/q;+1;-1. The van der Waals surface area contributed by atoms with Crippen LogP contribution in [0.15, 0.2) is 0 Å². The van der Waals surface area contributed by atoms with Crippen LogP contribution < -0.4 is 34.9 Å².